The summed E-state index contributed by atoms with van der Waals surface area (Å²) in [7, 11) is 3.33. The number of benzene rings is 2. The molecule has 3 heterocycles. The molecule has 0 bridgehead atoms. The van der Waals surface area contributed by atoms with Crippen LogP contribution in [0, 0.1) is 0 Å². The number of hydrogen-bond donors (Lipinski definition) is 3. The predicted molar refractivity (Wildman–Crippen MR) is 139 cm³/mol. The van der Waals surface area contributed by atoms with Crippen molar-refractivity contribution in [2.24, 2.45) is 0 Å². The summed E-state index contributed by atoms with van der Waals surface area (Å²) in [5.74, 6) is 1.25. The number of carbonyl (C=O) groups is 2. The number of nitrogens with zero attached hydrogens (tertiary/aromatic N) is 3. The number of likely N-dealkylation sites (N-methyl/N-ethyl adjacent to an activating group) is 1. The highest BCUT2D eigenvalue weighted by Crippen LogP contribution is 2.39. The number of piperidine rings is 1. The van der Waals surface area contributed by atoms with E-state index in [0.29, 0.717) is 25.6 Å². The number of anilines is 1. The first-order valence-electron chi connectivity index (χ1n) is 12.7. The average Bonchev–Trinajstić information content (AvgIpc) is 3.54. The molecule has 0 atom stereocenters. The lowest BCUT2D eigenvalue weighted by molar-refractivity contribution is -0.122. The Morgan fingerprint density at radius 1 is 1.11 bits per heavy atom. The largest absolute Gasteiger partial charge is 0.497 e. The predicted octanol–water partition coefficient (Wildman–Crippen LogP) is 1.91. The third kappa shape index (κ3) is 4.91. The van der Waals surface area contributed by atoms with Crippen molar-refractivity contribution < 1.29 is 14.3 Å². The molecule has 9 nitrogen and oxygen atoms in total. The molecule has 5 rings (SSSR count). The quantitative estimate of drug-likeness (QED) is 0.547. The van der Waals surface area contributed by atoms with Crippen LogP contribution in [0.4, 0.5) is 10.5 Å². The zero-order valence-electron chi connectivity index (χ0n) is 21.1. The third-order valence-corrected chi connectivity index (χ3v) is 7.89. The van der Waals surface area contributed by atoms with E-state index in [2.05, 4.69) is 50.2 Å². The Bertz CT molecular complexity index is 1080. The van der Waals surface area contributed by atoms with Gasteiger partial charge in [0.25, 0.3) is 0 Å². The Hall–Kier alpha value is -3.14. The molecule has 3 saturated heterocycles. The Kier molecular flexibility index (Phi) is 7.13. The molecular weight excluding hydrogens is 456 g/mol. The number of rotatable bonds is 7. The van der Waals surface area contributed by atoms with E-state index in [4.69, 9.17) is 4.74 Å². The van der Waals surface area contributed by atoms with Crippen molar-refractivity contribution >= 4 is 17.6 Å². The first kappa shape index (κ1) is 24.5. The van der Waals surface area contributed by atoms with E-state index in [-0.39, 0.29) is 17.5 Å². The monoisotopic (exact) mass is 492 g/mol. The number of urea groups is 1. The number of likely N-dealkylation sites (tertiary alicyclic amines) is 1. The minimum atomic E-state index is -0.280. The number of hydrogen-bond acceptors (Lipinski definition) is 6. The maximum Gasteiger partial charge on any atom is 0.325 e. The van der Waals surface area contributed by atoms with Crippen LogP contribution in [0.25, 0.3) is 0 Å². The van der Waals surface area contributed by atoms with E-state index in [1.807, 2.05) is 29.2 Å². The Morgan fingerprint density at radius 2 is 1.83 bits per heavy atom. The number of amides is 3. The first-order valence-corrected chi connectivity index (χ1v) is 12.7. The Morgan fingerprint density at radius 3 is 2.50 bits per heavy atom. The van der Waals surface area contributed by atoms with Crippen LogP contribution < -0.4 is 25.8 Å². The molecule has 3 aliphatic rings. The summed E-state index contributed by atoms with van der Waals surface area (Å²) in [4.78, 5) is 32.0. The Labute approximate surface area is 212 Å². The van der Waals surface area contributed by atoms with Crippen molar-refractivity contribution in [3.63, 3.8) is 0 Å². The molecular formula is C27H36N6O3. The summed E-state index contributed by atoms with van der Waals surface area (Å²) in [5.41, 5.74) is 9.34. The van der Waals surface area contributed by atoms with Gasteiger partial charge in [-0.25, -0.2) is 4.79 Å². The van der Waals surface area contributed by atoms with E-state index in [1.165, 1.54) is 5.56 Å². The van der Waals surface area contributed by atoms with E-state index in [1.54, 1.807) is 14.2 Å². The van der Waals surface area contributed by atoms with Gasteiger partial charge in [-0.05, 0) is 48.2 Å². The molecule has 36 heavy (non-hydrogen) atoms. The topological polar surface area (TPSA) is 89.2 Å². The van der Waals surface area contributed by atoms with Crippen LogP contribution in [0.5, 0.6) is 5.75 Å². The van der Waals surface area contributed by atoms with E-state index in [0.717, 1.165) is 56.0 Å². The van der Waals surface area contributed by atoms with Crippen LogP contribution in [-0.4, -0.2) is 80.7 Å². The Balaban J connectivity index is 1.38. The highest BCUT2D eigenvalue weighted by molar-refractivity contribution is 5.95. The van der Waals surface area contributed by atoms with Gasteiger partial charge in [0, 0.05) is 51.4 Å². The van der Waals surface area contributed by atoms with Gasteiger partial charge < -0.3 is 15.0 Å². The zero-order valence-corrected chi connectivity index (χ0v) is 21.1. The van der Waals surface area contributed by atoms with Crippen LogP contribution in [0.1, 0.15) is 29.9 Å². The molecule has 0 radical (unpaired) electrons. The molecule has 3 aliphatic heterocycles. The lowest BCUT2D eigenvalue weighted by atomic mass is 9.86. The number of hydrazine groups is 1. The number of carbonyl (C=O) groups excluding carboxylic acids is 2. The molecule has 3 fully saturated rings. The van der Waals surface area contributed by atoms with Gasteiger partial charge in [0.05, 0.1) is 25.7 Å². The smallest absolute Gasteiger partial charge is 0.325 e. The minimum absolute atomic E-state index is 0.0241. The fourth-order valence-electron chi connectivity index (χ4n) is 5.65. The van der Waals surface area contributed by atoms with Crippen molar-refractivity contribution in [1.82, 2.24) is 26.0 Å². The molecule has 0 saturated carbocycles. The summed E-state index contributed by atoms with van der Waals surface area (Å²) >= 11 is 0. The number of methoxy groups -OCH3 is 1. The fourth-order valence-corrected chi connectivity index (χ4v) is 5.65. The first-order chi connectivity index (χ1) is 17.5. The molecule has 0 unspecified atom stereocenters. The molecule has 9 heteroatoms. The molecule has 3 N–H and O–H groups in total. The SMILES string of the molecule is CNC(=O)CN1CCC2(CC1)CN(c1ccc(C3CNNC3)cc1)C(=O)N2Cc1cccc(OC)c1. The van der Waals surface area contributed by atoms with Crippen molar-refractivity contribution in [3.05, 3.63) is 59.7 Å². The van der Waals surface area contributed by atoms with Gasteiger partial charge in [-0.1, -0.05) is 24.3 Å². The second-order valence-electron chi connectivity index (χ2n) is 10.0. The molecule has 192 valence electrons. The zero-order chi connectivity index (χ0) is 25.1. The molecule has 0 aromatic heterocycles. The summed E-state index contributed by atoms with van der Waals surface area (Å²) in [6, 6.07) is 16.4. The van der Waals surface area contributed by atoms with Gasteiger partial charge in [-0.15, -0.1) is 0 Å². The summed E-state index contributed by atoms with van der Waals surface area (Å²) < 4.78 is 5.42. The minimum Gasteiger partial charge on any atom is -0.497 e. The summed E-state index contributed by atoms with van der Waals surface area (Å²) in [6.07, 6.45) is 1.65. The van der Waals surface area contributed by atoms with Gasteiger partial charge in [0.15, 0.2) is 0 Å². The molecule has 0 aliphatic carbocycles. The lowest BCUT2D eigenvalue weighted by Gasteiger charge is -2.43. The second-order valence-corrected chi connectivity index (χ2v) is 10.0. The molecule has 1 spiro atoms. The van der Waals surface area contributed by atoms with Crippen LogP contribution in [0.3, 0.4) is 0 Å². The van der Waals surface area contributed by atoms with Gasteiger partial charge in [-0.3, -0.25) is 25.4 Å². The molecule has 2 aromatic rings. The normalized spacial score (nSPS) is 20.3. The molecule has 3 amide bonds. The highest BCUT2D eigenvalue weighted by atomic mass is 16.5. The maximum atomic E-state index is 13.9. The van der Waals surface area contributed by atoms with E-state index >= 15 is 0 Å². The van der Waals surface area contributed by atoms with Gasteiger partial charge >= 0.3 is 6.03 Å². The standard InChI is InChI=1S/C27H36N6O3/c1-28-25(34)18-31-12-10-27(11-13-31)19-32(23-8-6-21(7-9-23)22-15-29-30-16-22)26(35)33(27)17-20-4-3-5-24(14-20)36-2/h3-9,14,22,29-30H,10-13,15-19H2,1-2H3,(H,28,34). The van der Waals surface area contributed by atoms with Crippen molar-refractivity contribution in [3.8, 4) is 5.75 Å². The number of ether oxygens (including phenoxy) is 1. The second kappa shape index (κ2) is 10.5. The van der Waals surface area contributed by atoms with Gasteiger partial charge in [-0.2, -0.15) is 0 Å². The van der Waals surface area contributed by atoms with Crippen LogP contribution in [0.2, 0.25) is 0 Å². The van der Waals surface area contributed by atoms with Crippen molar-refractivity contribution in [2.45, 2.75) is 30.8 Å². The van der Waals surface area contributed by atoms with Crippen LogP contribution >= 0.6 is 0 Å². The van der Waals surface area contributed by atoms with Gasteiger partial charge in [0.2, 0.25) is 5.91 Å². The third-order valence-electron chi connectivity index (χ3n) is 7.89. The highest BCUT2D eigenvalue weighted by Gasteiger charge is 2.51. The summed E-state index contributed by atoms with van der Waals surface area (Å²) in [6.45, 7) is 4.95. The van der Waals surface area contributed by atoms with Crippen LogP contribution in [-0.2, 0) is 11.3 Å². The lowest BCUT2D eigenvalue weighted by Crippen LogP contribution is -2.55. The van der Waals surface area contributed by atoms with E-state index in [9.17, 15) is 9.59 Å². The fraction of sp³-hybridized carbons (Fsp3) is 0.481. The average molecular weight is 493 g/mol. The maximum absolute atomic E-state index is 13.9. The van der Waals surface area contributed by atoms with Crippen LogP contribution in [0.15, 0.2) is 48.5 Å². The van der Waals surface area contributed by atoms with E-state index < -0.39 is 0 Å². The van der Waals surface area contributed by atoms with Crippen molar-refractivity contribution in [2.75, 3.05) is 58.3 Å². The number of nitrogens with one attached hydrogen (secondary N) is 3. The summed E-state index contributed by atoms with van der Waals surface area (Å²) in [5, 5.41) is 2.71. The molecule has 2 aromatic carbocycles. The van der Waals surface area contributed by atoms with Crippen molar-refractivity contribution in [1.29, 1.82) is 0 Å². The van der Waals surface area contributed by atoms with Gasteiger partial charge in [0.1, 0.15) is 5.75 Å².